The standard InChI is InChI=1S/C15H17ClO3S/c1-19-8-11-12(16)6-5-10(15(11)20-2)14(18)7-13(17)9-3-4-9/h5-6,9H,3-4,7-8H2,1-2H3. The maximum Gasteiger partial charge on any atom is 0.171 e. The number of ketones is 2. The van der Waals surface area contributed by atoms with Gasteiger partial charge in [-0.2, -0.15) is 0 Å². The summed E-state index contributed by atoms with van der Waals surface area (Å²) in [6.45, 7) is 0.354. The van der Waals surface area contributed by atoms with Crippen LogP contribution in [0.15, 0.2) is 17.0 Å². The first-order chi connectivity index (χ1) is 9.58. The number of carbonyl (C=O) groups excluding carboxylic acids is 2. The molecule has 108 valence electrons. The number of halogens is 1. The van der Waals surface area contributed by atoms with Gasteiger partial charge in [0.15, 0.2) is 5.78 Å². The molecular weight excluding hydrogens is 296 g/mol. The molecular formula is C15H17ClO3S. The lowest BCUT2D eigenvalue weighted by molar-refractivity contribution is -0.119. The minimum atomic E-state index is -0.125. The van der Waals surface area contributed by atoms with E-state index in [9.17, 15) is 9.59 Å². The maximum atomic E-state index is 12.3. The van der Waals surface area contributed by atoms with E-state index in [0.717, 1.165) is 23.3 Å². The van der Waals surface area contributed by atoms with Crippen LogP contribution in [0, 0.1) is 5.92 Å². The first-order valence-corrected chi connectivity index (χ1v) is 8.09. The lowest BCUT2D eigenvalue weighted by Crippen LogP contribution is -2.11. The van der Waals surface area contributed by atoms with E-state index in [2.05, 4.69) is 0 Å². The Balaban J connectivity index is 2.27. The highest BCUT2D eigenvalue weighted by Crippen LogP contribution is 2.34. The first-order valence-electron chi connectivity index (χ1n) is 6.48. The van der Waals surface area contributed by atoms with E-state index in [-0.39, 0.29) is 23.9 Å². The average Bonchev–Trinajstić information content (AvgIpc) is 3.25. The monoisotopic (exact) mass is 312 g/mol. The van der Waals surface area contributed by atoms with Crippen molar-refractivity contribution in [1.29, 1.82) is 0 Å². The van der Waals surface area contributed by atoms with Crippen LogP contribution in [0.4, 0.5) is 0 Å². The summed E-state index contributed by atoms with van der Waals surface area (Å²) in [4.78, 5) is 24.9. The Morgan fingerprint density at radius 1 is 1.40 bits per heavy atom. The molecule has 0 bridgehead atoms. The van der Waals surface area contributed by atoms with Gasteiger partial charge in [-0.15, -0.1) is 11.8 Å². The molecule has 0 spiro atoms. The first kappa shape index (κ1) is 15.5. The Hall–Kier alpha value is -0.840. The highest BCUT2D eigenvalue weighted by Gasteiger charge is 2.31. The van der Waals surface area contributed by atoms with Crippen molar-refractivity contribution in [3.05, 3.63) is 28.3 Å². The molecule has 0 aliphatic heterocycles. The van der Waals surface area contributed by atoms with Crippen molar-refractivity contribution >= 4 is 34.9 Å². The molecule has 1 aliphatic rings. The molecule has 0 aromatic heterocycles. The van der Waals surface area contributed by atoms with Gasteiger partial charge in [-0.1, -0.05) is 11.6 Å². The van der Waals surface area contributed by atoms with Crippen LogP contribution in [0.3, 0.4) is 0 Å². The topological polar surface area (TPSA) is 43.4 Å². The van der Waals surface area contributed by atoms with Gasteiger partial charge >= 0.3 is 0 Å². The number of hydrogen-bond donors (Lipinski definition) is 0. The van der Waals surface area contributed by atoms with Gasteiger partial charge in [-0.25, -0.2) is 0 Å². The molecule has 0 saturated heterocycles. The van der Waals surface area contributed by atoms with Crippen molar-refractivity contribution < 1.29 is 14.3 Å². The number of thioether (sulfide) groups is 1. The Bertz CT molecular complexity index is 538. The van der Waals surface area contributed by atoms with E-state index in [1.54, 1.807) is 19.2 Å². The third-order valence-electron chi connectivity index (χ3n) is 3.36. The number of ether oxygens (including phenoxy) is 1. The SMILES string of the molecule is COCc1c(Cl)ccc(C(=O)CC(=O)C2CC2)c1SC. The fraction of sp³-hybridized carbons (Fsp3) is 0.467. The van der Waals surface area contributed by atoms with Crippen LogP contribution in [-0.2, 0) is 16.1 Å². The maximum absolute atomic E-state index is 12.3. The molecule has 1 aromatic carbocycles. The van der Waals surface area contributed by atoms with E-state index in [1.807, 2.05) is 6.26 Å². The van der Waals surface area contributed by atoms with Gasteiger partial charge < -0.3 is 4.74 Å². The number of rotatable bonds is 7. The van der Waals surface area contributed by atoms with Gasteiger partial charge in [0, 0.05) is 34.1 Å². The summed E-state index contributed by atoms with van der Waals surface area (Å²) in [7, 11) is 1.59. The zero-order valence-electron chi connectivity index (χ0n) is 11.6. The van der Waals surface area contributed by atoms with Gasteiger partial charge in [-0.05, 0) is 31.2 Å². The van der Waals surface area contributed by atoms with Gasteiger partial charge in [-0.3, -0.25) is 9.59 Å². The summed E-state index contributed by atoms with van der Waals surface area (Å²) >= 11 is 7.62. The molecule has 3 nitrogen and oxygen atoms in total. The minimum absolute atomic E-state index is 0.00766. The summed E-state index contributed by atoms with van der Waals surface area (Å²) in [5, 5.41) is 0.585. The van der Waals surface area contributed by atoms with Gasteiger partial charge in [0.05, 0.1) is 13.0 Å². The Morgan fingerprint density at radius 2 is 2.10 bits per heavy atom. The molecule has 0 amide bonds. The lowest BCUT2D eigenvalue weighted by Gasteiger charge is -2.13. The molecule has 1 aliphatic carbocycles. The summed E-state index contributed by atoms with van der Waals surface area (Å²) in [6, 6.07) is 3.40. The zero-order valence-corrected chi connectivity index (χ0v) is 13.1. The molecule has 0 N–H and O–H groups in total. The van der Waals surface area contributed by atoms with E-state index in [1.165, 1.54) is 11.8 Å². The van der Waals surface area contributed by atoms with Crippen LogP contribution in [0.2, 0.25) is 5.02 Å². The predicted molar refractivity (Wildman–Crippen MR) is 80.6 cm³/mol. The lowest BCUT2D eigenvalue weighted by atomic mass is 10.0. The number of benzene rings is 1. The Labute approximate surface area is 128 Å². The van der Waals surface area contributed by atoms with Crippen molar-refractivity contribution in [2.45, 2.75) is 30.8 Å². The highest BCUT2D eigenvalue weighted by atomic mass is 35.5. The summed E-state index contributed by atoms with van der Waals surface area (Å²) in [6.07, 6.45) is 3.74. The van der Waals surface area contributed by atoms with E-state index >= 15 is 0 Å². The number of hydrogen-bond acceptors (Lipinski definition) is 4. The molecule has 2 rings (SSSR count). The molecule has 1 saturated carbocycles. The quantitative estimate of drug-likeness (QED) is 0.437. The van der Waals surface area contributed by atoms with Crippen LogP contribution in [0.5, 0.6) is 0 Å². The van der Waals surface area contributed by atoms with Crippen LogP contribution in [0.25, 0.3) is 0 Å². The number of carbonyl (C=O) groups is 2. The summed E-state index contributed by atoms with van der Waals surface area (Å²) in [5.41, 5.74) is 1.38. The Morgan fingerprint density at radius 3 is 2.65 bits per heavy atom. The van der Waals surface area contributed by atoms with Crippen molar-refractivity contribution in [2.24, 2.45) is 5.92 Å². The molecule has 5 heteroatoms. The van der Waals surface area contributed by atoms with Crippen molar-refractivity contribution in [3.63, 3.8) is 0 Å². The largest absolute Gasteiger partial charge is 0.380 e. The minimum Gasteiger partial charge on any atom is -0.380 e. The smallest absolute Gasteiger partial charge is 0.171 e. The van der Waals surface area contributed by atoms with E-state index in [4.69, 9.17) is 16.3 Å². The zero-order chi connectivity index (χ0) is 14.7. The van der Waals surface area contributed by atoms with Crippen molar-refractivity contribution in [3.8, 4) is 0 Å². The van der Waals surface area contributed by atoms with E-state index in [0.29, 0.717) is 17.2 Å². The van der Waals surface area contributed by atoms with Crippen LogP contribution in [0.1, 0.15) is 35.2 Å². The van der Waals surface area contributed by atoms with Gasteiger partial charge in [0.1, 0.15) is 5.78 Å². The van der Waals surface area contributed by atoms with Crippen LogP contribution >= 0.6 is 23.4 Å². The van der Waals surface area contributed by atoms with Crippen LogP contribution < -0.4 is 0 Å². The normalized spacial score (nSPS) is 14.3. The molecule has 0 heterocycles. The van der Waals surface area contributed by atoms with Crippen molar-refractivity contribution in [1.82, 2.24) is 0 Å². The fourth-order valence-corrected chi connectivity index (χ4v) is 3.22. The molecule has 1 fully saturated rings. The summed E-state index contributed by atoms with van der Waals surface area (Å²) in [5.74, 6) is 0.0491. The predicted octanol–water partition coefficient (Wildman–Crippen LogP) is 3.76. The molecule has 20 heavy (non-hydrogen) atoms. The molecule has 0 atom stereocenters. The van der Waals surface area contributed by atoms with Crippen molar-refractivity contribution in [2.75, 3.05) is 13.4 Å². The molecule has 1 aromatic rings. The van der Waals surface area contributed by atoms with E-state index < -0.39 is 0 Å². The van der Waals surface area contributed by atoms with Crippen LogP contribution in [-0.4, -0.2) is 24.9 Å². The van der Waals surface area contributed by atoms with Gasteiger partial charge in [0.25, 0.3) is 0 Å². The summed E-state index contributed by atoms with van der Waals surface area (Å²) < 4.78 is 5.14. The fourth-order valence-electron chi connectivity index (χ4n) is 2.14. The second kappa shape index (κ2) is 6.74. The third-order valence-corrected chi connectivity index (χ3v) is 4.59. The third kappa shape index (κ3) is 3.43. The molecule has 0 radical (unpaired) electrons. The number of methoxy groups -OCH3 is 1. The molecule has 0 unspecified atom stereocenters. The second-order valence-corrected chi connectivity index (χ2v) is 6.10. The number of Topliss-reactive ketones (excluding diaryl/α,β-unsaturated/α-hetero) is 2. The Kier molecular flexibility index (Phi) is 5.24. The highest BCUT2D eigenvalue weighted by molar-refractivity contribution is 7.98. The van der Waals surface area contributed by atoms with Gasteiger partial charge in [0.2, 0.25) is 0 Å². The second-order valence-electron chi connectivity index (χ2n) is 4.88. The average molecular weight is 313 g/mol.